The summed E-state index contributed by atoms with van der Waals surface area (Å²) < 4.78 is 20.7. The third kappa shape index (κ3) is 7.46. The molecule has 5 rings (SSSR count). The number of likely N-dealkylation sites (N-methyl/N-ethyl adjacent to an activating group) is 1. The van der Waals surface area contributed by atoms with Crippen LogP contribution in [0.1, 0.15) is 16.7 Å². The molecule has 0 saturated carbocycles. The lowest BCUT2D eigenvalue weighted by molar-refractivity contribution is -0.189. The zero-order valence-electron chi connectivity index (χ0n) is 22.1. The number of imidazole rings is 1. The number of ether oxygens (including phenoxy) is 3. The van der Waals surface area contributed by atoms with E-state index < -0.39 is 5.79 Å². The van der Waals surface area contributed by atoms with Crippen LogP contribution < -0.4 is 4.74 Å². The fraction of sp³-hybridized carbons (Fsp3) is 0.258. The van der Waals surface area contributed by atoms with Crippen LogP contribution in [-0.4, -0.2) is 47.4 Å². The standard InChI is InChI=1S/C31H30Cl3N3O3/c1-36(15-2-3-23-4-8-25(32)9-5-23)18-24-6-11-27(12-7-24)38-19-28-20-39-31(40-28,21-37-16-14-35-22-37)29-13-10-26(33)17-30(29)34/h2-14,16-17,22,28H,15,18-21H2,1H3/t28-,31-/m0/s1. The molecule has 3 aromatic carbocycles. The van der Waals surface area contributed by atoms with Gasteiger partial charge in [0.2, 0.25) is 5.79 Å². The summed E-state index contributed by atoms with van der Waals surface area (Å²) in [7, 11) is 2.09. The minimum Gasteiger partial charge on any atom is -0.491 e. The summed E-state index contributed by atoms with van der Waals surface area (Å²) in [6.07, 6.45) is 9.26. The molecule has 1 fully saturated rings. The molecule has 1 aliphatic rings. The topological polar surface area (TPSA) is 48.8 Å². The molecule has 40 heavy (non-hydrogen) atoms. The van der Waals surface area contributed by atoms with E-state index in [2.05, 4.69) is 41.2 Å². The summed E-state index contributed by atoms with van der Waals surface area (Å²) in [4.78, 5) is 6.38. The Morgan fingerprint density at radius 3 is 2.55 bits per heavy atom. The lowest BCUT2D eigenvalue weighted by Crippen LogP contribution is -2.34. The average Bonchev–Trinajstić information content (AvgIpc) is 3.60. The normalized spacial score (nSPS) is 19.1. The van der Waals surface area contributed by atoms with Crippen molar-refractivity contribution < 1.29 is 14.2 Å². The van der Waals surface area contributed by atoms with Gasteiger partial charge in [0.05, 0.1) is 24.5 Å². The molecule has 4 aromatic rings. The summed E-state index contributed by atoms with van der Waals surface area (Å²) in [6, 6.07) is 21.3. The van der Waals surface area contributed by atoms with Gasteiger partial charge in [-0.25, -0.2) is 4.98 Å². The Balaban J connectivity index is 1.15. The third-order valence-electron chi connectivity index (χ3n) is 6.56. The van der Waals surface area contributed by atoms with Gasteiger partial charge < -0.3 is 18.8 Å². The van der Waals surface area contributed by atoms with Crippen LogP contribution in [0.5, 0.6) is 5.75 Å². The fourth-order valence-corrected chi connectivity index (χ4v) is 5.25. The maximum atomic E-state index is 6.56. The molecule has 0 radical (unpaired) electrons. The highest BCUT2D eigenvalue weighted by atomic mass is 35.5. The lowest BCUT2D eigenvalue weighted by atomic mass is 10.1. The molecular weight excluding hydrogens is 569 g/mol. The van der Waals surface area contributed by atoms with Crippen LogP contribution in [-0.2, 0) is 28.4 Å². The van der Waals surface area contributed by atoms with Crippen molar-refractivity contribution >= 4 is 40.9 Å². The number of rotatable bonds is 11. The Morgan fingerprint density at radius 1 is 1.05 bits per heavy atom. The second kappa shape index (κ2) is 13.2. The monoisotopic (exact) mass is 597 g/mol. The van der Waals surface area contributed by atoms with Crippen molar-refractivity contribution in [1.29, 1.82) is 0 Å². The molecule has 0 bridgehead atoms. The summed E-state index contributed by atoms with van der Waals surface area (Å²) >= 11 is 18.6. The molecule has 2 heterocycles. The van der Waals surface area contributed by atoms with E-state index in [-0.39, 0.29) is 6.10 Å². The van der Waals surface area contributed by atoms with Gasteiger partial charge in [-0.1, -0.05) is 77.3 Å². The van der Waals surface area contributed by atoms with Gasteiger partial charge in [-0.05, 0) is 54.6 Å². The van der Waals surface area contributed by atoms with Crippen molar-refractivity contribution in [2.24, 2.45) is 0 Å². The highest BCUT2D eigenvalue weighted by molar-refractivity contribution is 6.35. The first-order valence-corrected chi connectivity index (χ1v) is 14.1. The van der Waals surface area contributed by atoms with Crippen molar-refractivity contribution in [2.75, 3.05) is 26.8 Å². The Hall–Kier alpha value is -2.84. The van der Waals surface area contributed by atoms with Gasteiger partial charge >= 0.3 is 0 Å². The number of aromatic nitrogens is 2. The first-order valence-electron chi connectivity index (χ1n) is 12.9. The van der Waals surface area contributed by atoms with Gasteiger partial charge in [0.1, 0.15) is 18.5 Å². The quantitative estimate of drug-likeness (QED) is 0.181. The predicted octanol–water partition coefficient (Wildman–Crippen LogP) is 7.34. The second-order valence-corrected chi connectivity index (χ2v) is 11.0. The fourth-order valence-electron chi connectivity index (χ4n) is 4.57. The van der Waals surface area contributed by atoms with Crippen LogP contribution in [0.15, 0.2) is 91.5 Å². The SMILES string of the molecule is CN(CC=Cc1ccc(Cl)cc1)Cc1ccc(OC[C@H]2CO[C@](Cn3ccnc3)(c3ccc(Cl)cc3Cl)O2)cc1. The van der Waals surface area contributed by atoms with Gasteiger partial charge in [-0.15, -0.1) is 0 Å². The first-order chi connectivity index (χ1) is 19.4. The van der Waals surface area contributed by atoms with Crippen LogP contribution in [0.4, 0.5) is 0 Å². The highest BCUT2D eigenvalue weighted by Crippen LogP contribution is 2.40. The first kappa shape index (κ1) is 28.7. The van der Waals surface area contributed by atoms with Crippen molar-refractivity contribution in [3.8, 4) is 5.75 Å². The molecule has 0 unspecified atom stereocenters. The molecule has 1 aliphatic heterocycles. The van der Waals surface area contributed by atoms with Crippen LogP contribution in [0.2, 0.25) is 15.1 Å². The molecule has 6 nitrogen and oxygen atoms in total. The molecule has 0 N–H and O–H groups in total. The van der Waals surface area contributed by atoms with E-state index in [4.69, 9.17) is 49.0 Å². The van der Waals surface area contributed by atoms with Crippen molar-refractivity contribution in [1.82, 2.24) is 14.5 Å². The van der Waals surface area contributed by atoms with Gasteiger partial charge in [0.25, 0.3) is 0 Å². The van der Waals surface area contributed by atoms with Crippen molar-refractivity contribution in [3.63, 3.8) is 0 Å². The lowest BCUT2D eigenvalue weighted by Gasteiger charge is -2.30. The molecular formula is C31H30Cl3N3O3. The Kier molecular flexibility index (Phi) is 9.48. The Labute approximate surface area is 249 Å². The zero-order valence-corrected chi connectivity index (χ0v) is 24.3. The maximum Gasteiger partial charge on any atom is 0.215 e. The van der Waals surface area contributed by atoms with E-state index in [0.717, 1.165) is 29.4 Å². The Bertz CT molecular complexity index is 1410. The number of hydrogen-bond donors (Lipinski definition) is 0. The molecule has 9 heteroatoms. The van der Waals surface area contributed by atoms with Crippen molar-refractivity contribution in [2.45, 2.75) is 25.0 Å². The van der Waals surface area contributed by atoms with Crippen LogP contribution in [0.3, 0.4) is 0 Å². The second-order valence-electron chi connectivity index (χ2n) is 9.77. The largest absolute Gasteiger partial charge is 0.491 e. The molecule has 0 aliphatic carbocycles. The van der Waals surface area contributed by atoms with E-state index in [1.807, 2.05) is 53.2 Å². The van der Waals surface area contributed by atoms with E-state index in [0.29, 0.717) is 35.4 Å². The Morgan fingerprint density at radius 2 is 1.82 bits per heavy atom. The highest BCUT2D eigenvalue weighted by Gasteiger charge is 2.45. The number of benzene rings is 3. The predicted molar refractivity (Wildman–Crippen MR) is 160 cm³/mol. The van der Waals surface area contributed by atoms with E-state index >= 15 is 0 Å². The van der Waals surface area contributed by atoms with Gasteiger partial charge in [-0.3, -0.25) is 4.90 Å². The van der Waals surface area contributed by atoms with Gasteiger partial charge in [-0.2, -0.15) is 0 Å². The van der Waals surface area contributed by atoms with E-state index in [1.165, 1.54) is 5.56 Å². The maximum absolute atomic E-state index is 6.56. The summed E-state index contributed by atoms with van der Waals surface area (Å²) in [5.41, 5.74) is 3.05. The number of hydrogen-bond acceptors (Lipinski definition) is 5. The molecule has 0 spiro atoms. The average molecular weight is 599 g/mol. The summed E-state index contributed by atoms with van der Waals surface area (Å²) in [6.45, 7) is 2.75. The van der Waals surface area contributed by atoms with Crippen molar-refractivity contribution in [3.05, 3.63) is 123 Å². The molecule has 0 amide bonds. The van der Waals surface area contributed by atoms with E-state index in [1.54, 1.807) is 24.7 Å². The minimum absolute atomic E-state index is 0.284. The molecule has 208 valence electrons. The third-order valence-corrected chi connectivity index (χ3v) is 7.36. The van der Waals surface area contributed by atoms with Gasteiger partial charge in [0, 0.05) is 41.1 Å². The van der Waals surface area contributed by atoms with Crippen LogP contribution >= 0.6 is 34.8 Å². The molecule has 1 saturated heterocycles. The smallest absolute Gasteiger partial charge is 0.215 e. The number of nitrogens with zero attached hydrogens (tertiary/aromatic N) is 3. The minimum atomic E-state index is -1.08. The summed E-state index contributed by atoms with van der Waals surface area (Å²) in [5, 5.41) is 1.77. The summed E-state index contributed by atoms with van der Waals surface area (Å²) in [5.74, 6) is -0.304. The van der Waals surface area contributed by atoms with Crippen LogP contribution in [0, 0.1) is 0 Å². The number of halogens is 3. The molecule has 1 aromatic heterocycles. The van der Waals surface area contributed by atoms with Gasteiger partial charge in [0.15, 0.2) is 0 Å². The zero-order chi connectivity index (χ0) is 28.0. The van der Waals surface area contributed by atoms with Crippen LogP contribution in [0.25, 0.3) is 6.08 Å². The van der Waals surface area contributed by atoms with E-state index in [9.17, 15) is 0 Å². The molecule has 2 atom stereocenters.